The largest absolute Gasteiger partial charge is 0.466 e. The summed E-state index contributed by atoms with van der Waals surface area (Å²) in [6, 6.07) is 18.6. The summed E-state index contributed by atoms with van der Waals surface area (Å²) in [5.74, 6) is -1.47. The van der Waals surface area contributed by atoms with E-state index >= 15 is 0 Å². The number of carbonyl (C=O) groups excluding carboxylic acids is 2. The third-order valence-corrected chi connectivity index (χ3v) is 3.39. The second-order valence-corrected chi connectivity index (χ2v) is 5.07. The van der Waals surface area contributed by atoms with Crippen molar-refractivity contribution in [2.24, 2.45) is 0 Å². The van der Waals surface area contributed by atoms with E-state index in [4.69, 9.17) is 9.47 Å². The van der Waals surface area contributed by atoms with Crippen LogP contribution in [-0.2, 0) is 25.7 Å². The van der Waals surface area contributed by atoms with Gasteiger partial charge in [0.05, 0.1) is 18.9 Å². The summed E-state index contributed by atoms with van der Waals surface area (Å²) in [6.07, 6.45) is -0.0321. The molecule has 4 nitrogen and oxygen atoms in total. The number of hydrogen-bond acceptors (Lipinski definition) is 4. The van der Waals surface area contributed by atoms with Gasteiger partial charge in [-0.15, -0.1) is 0 Å². The second kappa shape index (κ2) is 8.73. The van der Waals surface area contributed by atoms with Gasteiger partial charge in [0.25, 0.3) is 0 Å². The van der Waals surface area contributed by atoms with E-state index in [1.807, 2.05) is 60.7 Å². The minimum absolute atomic E-state index is 0.0321. The Morgan fingerprint density at radius 3 is 2.13 bits per heavy atom. The summed E-state index contributed by atoms with van der Waals surface area (Å²) in [7, 11) is 0. The lowest BCUT2D eigenvalue weighted by Gasteiger charge is -2.15. The normalized spacial score (nSPS) is 11.5. The molecule has 2 aromatic carbocycles. The van der Waals surface area contributed by atoms with Gasteiger partial charge in [-0.1, -0.05) is 60.7 Å². The molecule has 4 heteroatoms. The summed E-state index contributed by atoms with van der Waals surface area (Å²) in [4.78, 5) is 24.2. The van der Waals surface area contributed by atoms with E-state index in [0.29, 0.717) is 0 Å². The molecular weight excluding hydrogens is 292 g/mol. The predicted octanol–water partition coefficient (Wildman–Crippen LogP) is 3.47. The van der Waals surface area contributed by atoms with Crippen LogP contribution < -0.4 is 0 Å². The van der Waals surface area contributed by atoms with Gasteiger partial charge < -0.3 is 9.47 Å². The fourth-order valence-electron chi connectivity index (χ4n) is 2.23. The van der Waals surface area contributed by atoms with Gasteiger partial charge in [0.15, 0.2) is 0 Å². The maximum Gasteiger partial charge on any atom is 0.313 e. The molecule has 1 atom stereocenters. The smallest absolute Gasteiger partial charge is 0.313 e. The van der Waals surface area contributed by atoms with Crippen LogP contribution in [0.1, 0.15) is 30.4 Å². The molecule has 0 N–H and O–H groups in total. The van der Waals surface area contributed by atoms with Crippen LogP contribution >= 0.6 is 0 Å². The van der Waals surface area contributed by atoms with Gasteiger partial charge in [-0.25, -0.2) is 0 Å². The van der Waals surface area contributed by atoms with E-state index < -0.39 is 17.9 Å². The summed E-state index contributed by atoms with van der Waals surface area (Å²) < 4.78 is 10.3. The number of rotatable bonds is 7. The van der Waals surface area contributed by atoms with Crippen LogP contribution in [0.4, 0.5) is 0 Å². The Morgan fingerprint density at radius 2 is 1.52 bits per heavy atom. The molecule has 0 saturated carbocycles. The molecule has 0 aliphatic carbocycles. The quantitative estimate of drug-likeness (QED) is 0.735. The molecule has 0 bridgehead atoms. The number of carbonyl (C=O) groups is 2. The molecule has 0 aliphatic heterocycles. The van der Waals surface area contributed by atoms with Crippen LogP contribution in [-0.4, -0.2) is 18.5 Å². The lowest BCUT2D eigenvalue weighted by molar-refractivity contribution is -0.152. The van der Waals surface area contributed by atoms with Gasteiger partial charge in [0, 0.05) is 0 Å². The summed E-state index contributed by atoms with van der Waals surface area (Å²) >= 11 is 0. The monoisotopic (exact) mass is 312 g/mol. The fourth-order valence-corrected chi connectivity index (χ4v) is 2.23. The fraction of sp³-hybridized carbons (Fsp3) is 0.263. The van der Waals surface area contributed by atoms with Crippen molar-refractivity contribution in [3.05, 3.63) is 71.8 Å². The minimum Gasteiger partial charge on any atom is -0.466 e. The number of benzene rings is 2. The summed E-state index contributed by atoms with van der Waals surface area (Å²) in [5.41, 5.74) is 1.66. The van der Waals surface area contributed by atoms with E-state index in [0.717, 1.165) is 11.1 Å². The van der Waals surface area contributed by atoms with Crippen molar-refractivity contribution >= 4 is 11.9 Å². The van der Waals surface area contributed by atoms with Crippen molar-refractivity contribution in [2.45, 2.75) is 25.9 Å². The van der Waals surface area contributed by atoms with E-state index in [1.54, 1.807) is 6.92 Å². The number of esters is 2. The zero-order valence-corrected chi connectivity index (χ0v) is 13.1. The predicted molar refractivity (Wildman–Crippen MR) is 86.7 cm³/mol. The molecule has 0 aliphatic rings. The average molecular weight is 312 g/mol. The third-order valence-electron chi connectivity index (χ3n) is 3.39. The zero-order valence-electron chi connectivity index (χ0n) is 13.1. The maximum absolute atomic E-state index is 12.1. The Kier molecular flexibility index (Phi) is 6.36. The van der Waals surface area contributed by atoms with Crippen LogP contribution in [0.15, 0.2) is 60.7 Å². The Morgan fingerprint density at radius 1 is 0.913 bits per heavy atom. The highest BCUT2D eigenvalue weighted by Crippen LogP contribution is 2.22. The first-order valence-corrected chi connectivity index (χ1v) is 7.62. The molecule has 0 heterocycles. The molecule has 23 heavy (non-hydrogen) atoms. The Labute approximate surface area is 136 Å². The Balaban J connectivity index is 1.99. The summed E-state index contributed by atoms with van der Waals surface area (Å²) in [5, 5.41) is 0. The zero-order chi connectivity index (χ0) is 16.5. The van der Waals surface area contributed by atoms with Gasteiger partial charge in [-0.3, -0.25) is 9.59 Å². The van der Waals surface area contributed by atoms with Crippen LogP contribution in [0.5, 0.6) is 0 Å². The molecular formula is C19H20O4. The average Bonchev–Trinajstić information content (AvgIpc) is 2.59. The van der Waals surface area contributed by atoms with Crippen molar-refractivity contribution < 1.29 is 19.1 Å². The van der Waals surface area contributed by atoms with Crippen molar-refractivity contribution in [3.8, 4) is 0 Å². The molecule has 120 valence electrons. The van der Waals surface area contributed by atoms with Crippen molar-refractivity contribution in [2.75, 3.05) is 6.61 Å². The molecule has 0 radical (unpaired) electrons. The van der Waals surface area contributed by atoms with Crippen LogP contribution in [0.2, 0.25) is 0 Å². The van der Waals surface area contributed by atoms with Crippen molar-refractivity contribution in [1.29, 1.82) is 0 Å². The number of hydrogen-bond donors (Lipinski definition) is 0. The SMILES string of the molecule is CCOC(=O)[C@@H](CC(=O)OCc1ccccc1)c1ccccc1. The standard InChI is InChI=1S/C19H20O4/c1-2-22-19(21)17(16-11-7-4-8-12-16)13-18(20)23-14-15-9-5-3-6-10-15/h3-12,17H,2,13-14H2,1H3/t17-/m0/s1. The molecule has 0 spiro atoms. The van der Waals surface area contributed by atoms with E-state index in [-0.39, 0.29) is 19.6 Å². The first-order valence-electron chi connectivity index (χ1n) is 7.62. The molecule has 2 rings (SSSR count). The van der Waals surface area contributed by atoms with Crippen LogP contribution in [0, 0.1) is 0 Å². The van der Waals surface area contributed by atoms with Crippen LogP contribution in [0.3, 0.4) is 0 Å². The maximum atomic E-state index is 12.1. The highest BCUT2D eigenvalue weighted by Gasteiger charge is 2.25. The van der Waals surface area contributed by atoms with Crippen molar-refractivity contribution in [3.63, 3.8) is 0 Å². The van der Waals surface area contributed by atoms with Gasteiger partial charge in [0.2, 0.25) is 0 Å². The van der Waals surface area contributed by atoms with Gasteiger partial charge in [-0.2, -0.15) is 0 Å². The van der Waals surface area contributed by atoms with Crippen molar-refractivity contribution in [1.82, 2.24) is 0 Å². The topological polar surface area (TPSA) is 52.6 Å². The lowest BCUT2D eigenvalue weighted by atomic mass is 9.96. The molecule has 0 amide bonds. The second-order valence-electron chi connectivity index (χ2n) is 5.07. The minimum atomic E-state index is -0.639. The van der Waals surface area contributed by atoms with E-state index in [1.165, 1.54) is 0 Å². The first-order chi connectivity index (χ1) is 11.2. The Bertz CT molecular complexity index is 622. The lowest BCUT2D eigenvalue weighted by Crippen LogP contribution is -2.20. The van der Waals surface area contributed by atoms with Gasteiger partial charge in [-0.05, 0) is 18.1 Å². The molecule has 0 saturated heterocycles. The molecule has 0 aromatic heterocycles. The Hall–Kier alpha value is -2.62. The van der Waals surface area contributed by atoms with Gasteiger partial charge in [0.1, 0.15) is 6.61 Å². The van der Waals surface area contributed by atoms with E-state index in [9.17, 15) is 9.59 Å². The third kappa shape index (κ3) is 5.25. The van der Waals surface area contributed by atoms with Crippen LogP contribution in [0.25, 0.3) is 0 Å². The highest BCUT2D eigenvalue weighted by molar-refractivity contribution is 5.84. The van der Waals surface area contributed by atoms with Gasteiger partial charge >= 0.3 is 11.9 Å². The molecule has 0 fully saturated rings. The summed E-state index contributed by atoms with van der Waals surface area (Å²) in [6.45, 7) is 2.22. The molecule has 2 aromatic rings. The first kappa shape index (κ1) is 16.7. The molecule has 0 unspecified atom stereocenters. The number of ether oxygens (including phenoxy) is 2. The highest BCUT2D eigenvalue weighted by atomic mass is 16.5. The van der Waals surface area contributed by atoms with E-state index in [2.05, 4.69) is 0 Å².